The molecule has 0 fully saturated rings. The van der Waals surface area contributed by atoms with E-state index in [1.54, 1.807) is 23.9 Å². The fourth-order valence-corrected chi connectivity index (χ4v) is 5.23. The van der Waals surface area contributed by atoms with Crippen LogP contribution in [0.3, 0.4) is 0 Å². The summed E-state index contributed by atoms with van der Waals surface area (Å²) in [5.74, 6) is -0.216. The summed E-state index contributed by atoms with van der Waals surface area (Å²) >= 11 is 1.56. The van der Waals surface area contributed by atoms with E-state index < -0.39 is 6.36 Å². The van der Waals surface area contributed by atoms with Crippen molar-refractivity contribution >= 4 is 11.8 Å². The molecule has 0 radical (unpaired) electrons. The third-order valence-electron chi connectivity index (χ3n) is 5.45. The lowest BCUT2D eigenvalue weighted by atomic mass is 9.95. The van der Waals surface area contributed by atoms with Crippen molar-refractivity contribution in [3.8, 4) is 16.9 Å². The number of nitrogens with zero attached hydrogens (tertiary/aromatic N) is 1. The number of alkyl halides is 3. The maximum atomic E-state index is 12.5. The minimum Gasteiger partial charge on any atom is -0.406 e. The molecule has 1 aliphatic rings. The minimum absolute atomic E-state index is 0.115. The second kappa shape index (κ2) is 9.17. The molecule has 0 saturated heterocycles. The average molecular weight is 459 g/mol. The third kappa shape index (κ3) is 4.95. The molecular formula is C25H25F3N2OS. The first-order valence-electron chi connectivity index (χ1n) is 10.5. The van der Waals surface area contributed by atoms with E-state index in [9.17, 15) is 13.2 Å². The van der Waals surface area contributed by atoms with E-state index in [1.165, 1.54) is 39.9 Å². The van der Waals surface area contributed by atoms with Crippen LogP contribution in [-0.2, 0) is 6.42 Å². The van der Waals surface area contributed by atoms with Gasteiger partial charge < -0.3 is 4.74 Å². The van der Waals surface area contributed by atoms with Gasteiger partial charge >= 0.3 is 6.36 Å². The Bertz CT molecular complexity index is 1100. The molecule has 0 bridgehead atoms. The topological polar surface area (TPSA) is 24.5 Å². The molecular weight excluding hydrogens is 433 g/mol. The minimum atomic E-state index is -4.69. The molecule has 1 aliphatic carbocycles. The number of fused-ring (bicyclic) bond motifs is 3. The Kier molecular flexibility index (Phi) is 6.51. The van der Waals surface area contributed by atoms with Crippen LogP contribution in [0.5, 0.6) is 5.75 Å². The van der Waals surface area contributed by atoms with Crippen molar-refractivity contribution < 1.29 is 17.9 Å². The predicted molar refractivity (Wildman–Crippen MR) is 122 cm³/mol. The van der Waals surface area contributed by atoms with Crippen molar-refractivity contribution in [3.63, 3.8) is 0 Å². The van der Waals surface area contributed by atoms with E-state index in [1.807, 2.05) is 19.1 Å². The number of benzene rings is 3. The van der Waals surface area contributed by atoms with E-state index in [-0.39, 0.29) is 11.8 Å². The number of ether oxygens (including phenoxy) is 1. The van der Waals surface area contributed by atoms with E-state index >= 15 is 0 Å². The maximum absolute atomic E-state index is 12.5. The zero-order chi connectivity index (χ0) is 22.9. The first kappa shape index (κ1) is 22.7. The Morgan fingerprint density at radius 3 is 2.38 bits per heavy atom. The van der Waals surface area contributed by atoms with E-state index in [0.717, 1.165) is 22.6 Å². The Labute approximate surface area is 190 Å². The van der Waals surface area contributed by atoms with Gasteiger partial charge in [0.25, 0.3) is 0 Å². The first-order chi connectivity index (χ1) is 15.2. The van der Waals surface area contributed by atoms with Crippen molar-refractivity contribution in [2.75, 3.05) is 14.1 Å². The zero-order valence-corrected chi connectivity index (χ0v) is 19.0. The molecule has 0 heterocycles. The molecule has 32 heavy (non-hydrogen) atoms. The number of halogens is 3. The van der Waals surface area contributed by atoms with Crippen LogP contribution >= 0.6 is 11.8 Å². The lowest BCUT2D eigenvalue weighted by Gasteiger charge is -2.27. The molecule has 1 atom stereocenters. The van der Waals surface area contributed by atoms with Gasteiger partial charge in [0.2, 0.25) is 0 Å². The van der Waals surface area contributed by atoms with Crippen LogP contribution in [0, 0.1) is 0 Å². The number of nitrogens with one attached hydrogen (secondary N) is 1. The van der Waals surface area contributed by atoms with E-state index in [2.05, 4.69) is 53.5 Å². The van der Waals surface area contributed by atoms with Gasteiger partial charge in [0.15, 0.2) is 0 Å². The first-order valence-corrected chi connectivity index (χ1v) is 11.3. The molecule has 4 rings (SSSR count). The molecule has 0 spiro atoms. The fourth-order valence-electron chi connectivity index (χ4n) is 4.19. The van der Waals surface area contributed by atoms with Crippen molar-refractivity contribution in [3.05, 3.63) is 77.4 Å². The molecule has 1 unspecified atom stereocenters. The largest absolute Gasteiger partial charge is 0.573 e. The molecule has 1 N–H and O–H groups in total. The van der Waals surface area contributed by atoms with Crippen LogP contribution in [0.1, 0.15) is 36.1 Å². The van der Waals surface area contributed by atoms with Crippen LogP contribution in [-0.4, -0.2) is 25.5 Å². The number of hydrogen-bond acceptors (Lipinski definition) is 4. The normalized spacial score (nSPS) is 13.7. The quantitative estimate of drug-likeness (QED) is 0.307. The maximum Gasteiger partial charge on any atom is 0.573 e. The molecule has 0 amide bonds. The van der Waals surface area contributed by atoms with Crippen LogP contribution in [0.4, 0.5) is 13.2 Å². The standard InChI is InChI=1S/C25H25F3N2OS/c1-4-22(29-30(2)3)24-21-15-16-7-5-6-8-19(16)20(21)13-14-23(24)32-18-11-9-17(10-12-18)31-25(26,27)28/h5-14,22,29H,4,15H2,1-3H3. The monoisotopic (exact) mass is 458 g/mol. The number of hydrogen-bond donors (Lipinski definition) is 1. The summed E-state index contributed by atoms with van der Waals surface area (Å²) in [7, 11) is 3.96. The highest BCUT2D eigenvalue weighted by atomic mass is 32.2. The van der Waals surface area contributed by atoms with Crippen molar-refractivity contribution in [2.45, 2.75) is 42.0 Å². The molecule has 3 nitrogen and oxygen atoms in total. The molecule has 3 aromatic carbocycles. The van der Waals surface area contributed by atoms with Crippen LogP contribution in [0.25, 0.3) is 11.1 Å². The Morgan fingerprint density at radius 1 is 1.00 bits per heavy atom. The van der Waals surface area contributed by atoms with Gasteiger partial charge in [-0.2, -0.15) is 0 Å². The van der Waals surface area contributed by atoms with Gasteiger partial charge in [-0.05, 0) is 71.0 Å². The zero-order valence-electron chi connectivity index (χ0n) is 18.2. The van der Waals surface area contributed by atoms with Gasteiger partial charge in [0.1, 0.15) is 5.75 Å². The summed E-state index contributed by atoms with van der Waals surface area (Å²) in [5, 5.41) is 1.97. The summed E-state index contributed by atoms with van der Waals surface area (Å²) in [6, 6.07) is 18.9. The summed E-state index contributed by atoms with van der Waals surface area (Å²) in [6.07, 6.45) is -2.92. The van der Waals surface area contributed by atoms with Gasteiger partial charge in [-0.25, -0.2) is 5.43 Å². The Balaban J connectivity index is 1.71. The van der Waals surface area contributed by atoms with Crippen molar-refractivity contribution in [1.82, 2.24) is 10.4 Å². The molecule has 0 aromatic heterocycles. The van der Waals surface area contributed by atoms with Gasteiger partial charge in [0, 0.05) is 29.9 Å². The number of rotatable bonds is 7. The summed E-state index contributed by atoms with van der Waals surface area (Å²) in [4.78, 5) is 1.96. The lowest BCUT2D eigenvalue weighted by Crippen LogP contribution is -2.34. The van der Waals surface area contributed by atoms with Gasteiger partial charge in [-0.15, -0.1) is 13.2 Å². The summed E-state index contributed by atoms with van der Waals surface area (Å²) < 4.78 is 41.4. The van der Waals surface area contributed by atoms with Crippen LogP contribution < -0.4 is 10.2 Å². The second-order valence-electron chi connectivity index (χ2n) is 7.94. The van der Waals surface area contributed by atoms with E-state index in [0.29, 0.717) is 0 Å². The summed E-state index contributed by atoms with van der Waals surface area (Å²) in [6.45, 7) is 2.15. The molecule has 168 valence electrons. The third-order valence-corrected chi connectivity index (χ3v) is 6.53. The van der Waals surface area contributed by atoms with Crippen molar-refractivity contribution in [2.24, 2.45) is 0 Å². The second-order valence-corrected chi connectivity index (χ2v) is 9.06. The molecule has 3 aromatic rings. The fraction of sp³-hybridized carbons (Fsp3) is 0.280. The SMILES string of the molecule is CCC(NN(C)C)c1c(Sc2ccc(OC(F)(F)F)cc2)ccc2c1Cc1ccccc1-2. The molecule has 0 saturated carbocycles. The number of hydrazine groups is 1. The van der Waals surface area contributed by atoms with Gasteiger partial charge in [0.05, 0.1) is 0 Å². The van der Waals surface area contributed by atoms with Crippen LogP contribution in [0.15, 0.2) is 70.5 Å². The average Bonchev–Trinajstić information content (AvgIpc) is 3.11. The Hall–Kier alpha value is -2.48. The van der Waals surface area contributed by atoms with Gasteiger partial charge in [-0.3, -0.25) is 5.01 Å². The van der Waals surface area contributed by atoms with E-state index in [4.69, 9.17) is 0 Å². The van der Waals surface area contributed by atoms with Crippen LogP contribution in [0.2, 0.25) is 0 Å². The molecule has 7 heteroatoms. The highest BCUT2D eigenvalue weighted by Gasteiger charge is 2.31. The van der Waals surface area contributed by atoms with Gasteiger partial charge in [-0.1, -0.05) is 49.0 Å². The predicted octanol–water partition coefficient (Wildman–Crippen LogP) is 6.82. The lowest BCUT2D eigenvalue weighted by molar-refractivity contribution is -0.274. The Morgan fingerprint density at radius 2 is 1.72 bits per heavy atom. The summed E-state index contributed by atoms with van der Waals surface area (Å²) in [5.41, 5.74) is 9.95. The molecule has 0 aliphatic heterocycles. The highest BCUT2D eigenvalue weighted by molar-refractivity contribution is 7.99. The highest BCUT2D eigenvalue weighted by Crippen LogP contribution is 2.45. The smallest absolute Gasteiger partial charge is 0.406 e. The van der Waals surface area contributed by atoms with Crippen molar-refractivity contribution in [1.29, 1.82) is 0 Å².